The predicted octanol–water partition coefficient (Wildman–Crippen LogP) is 14.4. The average molecular weight is 689 g/mol. The Bertz CT molecular complexity index is 2890. The first-order chi connectivity index (χ1) is 26.8. The first kappa shape index (κ1) is 31.6. The van der Waals surface area contributed by atoms with Crippen LogP contribution in [0.2, 0.25) is 0 Å². The van der Waals surface area contributed by atoms with Gasteiger partial charge in [0.25, 0.3) is 0 Å². The van der Waals surface area contributed by atoms with Crippen molar-refractivity contribution >= 4 is 49.6 Å². The van der Waals surface area contributed by atoms with E-state index in [1.54, 1.807) is 0 Å². The van der Waals surface area contributed by atoms with Crippen LogP contribution >= 0.6 is 0 Å². The zero-order valence-corrected chi connectivity index (χ0v) is 29.7. The normalized spacial score (nSPS) is 11.3. The van der Waals surface area contributed by atoms with E-state index in [-0.39, 0.29) is 0 Å². The lowest BCUT2D eigenvalue weighted by Gasteiger charge is -2.26. The maximum atomic E-state index is 2.36. The van der Waals surface area contributed by atoms with Crippen molar-refractivity contribution in [1.29, 1.82) is 0 Å². The summed E-state index contributed by atoms with van der Waals surface area (Å²) in [5.41, 5.74) is 14.2. The van der Waals surface area contributed by atoms with Crippen LogP contribution in [0.3, 0.4) is 0 Å². The Kier molecular flexibility index (Phi) is 7.85. The molecule has 0 saturated carbocycles. The fourth-order valence-electron chi connectivity index (χ4n) is 7.86. The highest BCUT2D eigenvalue weighted by molar-refractivity contribution is 6.10. The minimum absolute atomic E-state index is 1.11. The van der Waals surface area contributed by atoms with Crippen molar-refractivity contribution in [2.24, 2.45) is 0 Å². The number of aromatic nitrogens is 1. The van der Waals surface area contributed by atoms with Gasteiger partial charge in [0.1, 0.15) is 0 Å². The Morgan fingerprint density at radius 2 is 0.741 bits per heavy atom. The Hall–Kier alpha value is -7.16. The Morgan fingerprint density at radius 3 is 1.41 bits per heavy atom. The zero-order valence-electron chi connectivity index (χ0n) is 29.7. The third-order valence-electron chi connectivity index (χ3n) is 10.6. The Morgan fingerprint density at radius 1 is 0.278 bits per heavy atom. The molecule has 0 unspecified atom stereocenters. The van der Waals surface area contributed by atoms with Crippen LogP contribution < -0.4 is 4.90 Å². The standard InChI is InChI=1S/C52H36N2/c1-3-11-37(12-4-1)40-23-29-46(30-24-40)53(48-33-27-38-13-7-8-14-43(38)35-48)47-31-25-41(26-32-47)39-19-21-42(22-20-39)44-28-34-52-50(36-44)49-17-9-10-18-51(49)54(52)45-15-5-2-6-16-45/h1-36H. The summed E-state index contributed by atoms with van der Waals surface area (Å²) in [6.07, 6.45) is 0. The molecule has 0 spiro atoms. The summed E-state index contributed by atoms with van der Waals surface area (Å²) in [5.74, 6) is 0. The third-order valence-corrected chi connectivity index (χ3v) is 10.6. The fourth-order valence-corrected chi connectivity index (χ4v) is 7.86. The highest BCUT2D eigenvalue weighted by atomic mass is 15.1. The van der Waals surface area contributed by atoms with Crippen LogP contribution in [0.5, 0.6) is 0 Å². The van der Waals surface area contributed by atoms with Gasteiger partial charge in [0, 0.05) is 33.5 Å². The Balaban J connectivity index is 0.973. The number of fused-ring (bicyclic) bond motifs is 4. The number of benzene rings is 9. The molecule has 54 heavy (non-hydrogen) atoms. The van der Waals surface area contributed by atoms with Gasteiger partial charge >= 0.3 is 0 Å². The van der Waals surface area contributed by atoms with Crippen LogP contribution in [0.1, 0.15) is 0 Å². The number of nitrogens with zero attached hydrogens (tertiary/aromatic N) is 2. The van der Waals surface area contributed by atoms with Crippen LogP contribution in [0.4, 0.5) is 17.1 Å². The van der Waals surface area contributed by atoms with E-state index in [0.717, 1.165) is 17.1 Å². The summed E-state index contributed by atoms with van der Waals surface area (Å²) in [6, 6.07) is 78.8. The summed E-state index contributed by atoms with van der Waals surface area (Å²) in [6.45, 7) is 0. The van der Waals surface area contributed by atoms with Crippen LogP contribution in [-0.4, -0.2) is 4.57 Å². The second-order valence-corrected chi connectivity index (χ2v) is 13.8. The monoisotopic (exact) mass is 688 g/mol. The van der Waals surface area contributed by atoms with Gasteiger partial charge in [-0.3, -0.25) is 0 Å². The highest BCUT2D eigenvalue weighted by Crippen LogP contribution is 2.39. The van der Waals surface area contributed by atoms with Gasteiger partial charge in [-0.1, -0.05) is 152 Å². The molecule has 2 heteroatoms. The molecule has 0 bridgehead atoms. The molecule has 1 heterocycles. The molecule has 0 atom stereocenters. The fraction of sp³-hybridized carbons (Fsp3) is 0. The molecule has 2 nitrogen and oxygen atoms in total. The van der Waals surface area contributed by atoms with E-state index >= 15 is 0 Å². The smallest absolute Gasteiger partial charge is 0.0541 e. The summed E-state index contributed by atoms with van der Waals surface area (Å²) in [5, 5.41) is 4.98. The van der Waals surface area contributed by atoms with Crippen LogP contribution in [0, 0.1) is 0 Å². The molecule has 0 amide bonds. The van der Waals surface area contributed by atoms with Crippen molar-refractivity contribution in [3.05, 3.63) is 218 Å². The lowest BCUT2D eigenvalue weighted by atomic mass is 9.98. The van der Waals surface area contributed by atoms with E-state index in [2.05, 4.69) is 228 Å². The number of rotatable bonds is 7. The average Bonchev–Trinajstić information content (AvgIpc) is 3.59. The molecule has 0 fully saturated rings. The van der Waals surface area contributed by atoms with Gasteiger partial charge < -0.3 is 9.47 Å². The SMILES string of the molecule is c1ccc(-c2ccc(N(c3ccc(-c4ccc(-c5ccc6c(c5)c5ccccc5n6-c5ccccc5)cc4)cc3)c3ccc4ccccc4c3)cc2)cc1. The van der Waals surface area contributed by atoms with Gasteiger partial charge in [-0.2, -0.15) is 0 Å². The molecule has 10 aromatic rings. The second-order valence-electron chi connectivity index (χ2n) is 13.8. The highest BCUT2D eigenvalue weighted by Gasteiger charge is 2.15. The van der Waals surface area contributed by atoms with Crippen molar-refractivity contribution < 1.29 is 0 Å². The van der Waals surface area contributed by atoms with Gasteiger partial charge in [0.15, 0.2) is 0 Å². The van der Waals surface area contributed by atoms with Gasteiger partial charge in [-0.15, -0.1) is 0 Å². The van der Waals surface area contributed by atoms with Gasteiger partial charge in [0.2, 0.25) is 0 Å². The van der Waals surface area contributed by atoms with E-state index in [4.69, 9.17) is 0 Å². The maximum absolute atomic E-state index is 2.36. The number of para-hydroxylation sites is 2. The van der Waals surface area contributed by atoms with Gasteiger partial charge in [-0.25, -0.2) is 0 Å². The second kappa shape index (κ2) is 13.4. The summed E-state index contributed by atoms with van der Waals surface area (Å²) in [7, 11) is 0. The molecule has 254 valence electrons. The molecule has 0 radical (unpaired) electrons. The van der Waals surface area contributed by atoms with Gasteiger partial charge in [-0.05, 0) is 111 Å². The third kappa shape index (κ3) is 5.71. The van der Waals surface area contributed by atoms with E-state index in [1.807, 2.05) is 0 Å². The largest absolute Gasteiger partial charge is 0.310 e. The van der Waals surface area contributed by atoms with Crippen LogP contribution in [-0.2, 0) is 0 Å². The Labute approximate surface area is 315 Å². The molecular formula is C52H36N2. The minimum Gasteiger partial charge on any atom is -0.310 e. The molecular weight excluding hydrogens is 653 g/mol. The molecule has 0 aliphatic rings. The first-order valence-corrected chi connectivity index (χ1v) is 18.5. The van der Waals surface area contributed by atoms with Crippen molar-refractivity contribution in [3.8, 4) is 39.1 Å². The van der Waals surface area contributed by atoms with E-state index in [1.165, 1.54) is 71.6 Å². The van der Waals surface area contributed by atoms with Crippen molar-refractivity contribution in [2.75, 3.05) is 4.90 Å². The maximum Gasteiger partial charge on any atom is 0.0541 e. The topological polar surface area (TPSA) is 8.17 Å². The molecule has 9 aromatic carbocycles. The lowest BCUT2D eigenvalue weighted by molar-refractivity contribution is 1.18. The molecule has 0 N–H and O–H groups in total. The van der Waals surface area contributed by atoms with E-state index in [9.17, 15) is 0 Å². The summed E-state index contributed by atoms with van der Waals surface area (Å²) >= 11 is 0. The summed E-state index contributed by atoms with van der Waals surface area (Å²) < 4.78 is 2.36. The number of hydrogen-bond acceptors (Lipinski definition) is 1. The predicted molar refractivity (Wildman–Crippen MR) is 229 cm³/mol. The molecule has 1 aromatic heterocycles. The van der Waals surface area contributed by atoms with Crippen molar-refractivity contribution in [1.82, 2.24) is 4.57 Å². The number of anilines is 3. The summed E-state index contributed by atoms with van der Waals surface area (Å²) in [4.78, 5) is 2.35. The van der Waals surface area contributed by atoms with Crippen molar-refractivity contribution in [2.45, 2.75) is 0 Å². The van der Waals surface area contributed by atoms with Gasteiger partial charge in [0.05, 0.1) is 11.0 Å². The van der Waals surface area contributed by atoms with Crippen LogP contribution in [0.25, 0.3) is 71.6 Å². The molecule has 10 rings (SSSR count). The molecule has 0 saturated heterocycles. The first-order valence-electron chi connectivity index (χ1n) is 18.5. The van der Waals surface area contributed by atoms with Crippen molar-refractivity contribution in [3.63, 3.8) is 0 Å². The van der Waals surface area contributed by atoms with E-state index < -0.39 is 0 Å². The molecule has 0 aliphatic carbocycles. The quantitative estimate of drug-likeness (QED) is 0.162. The van der Waals surface area contributed by atoms with Crippen LogP contribution in [0.15, 0.2) is 218 Å². The lowest BCUT2D eigenvalue weighted by Crippen LogP contribution is -2.09. The molecule has 0 aliphatic heterocycles. The number of hydrogen-bond donors (Lipinski definition) is 0. The minimum atomic E-state index is 1.11. The van der Waals surface area contributed by atoms with E-state index in [0.29, 0.717) is 0 Å². The zero-order chi connectivity index (χ0) is 35.8.